The van der Waals surface area contributed by atoms with Crippen molar-refractivity contribution in [3.05, 3.63) is 263 Å². The van der Waals surface area contributed by atoms with Gasteiger partial charge in [-0.1, -0.05) is 158 Å². The second kappa shape index (κ2) is 16.2. The van der Waals surface area contributed by atoms with Crippen molar-refractivity contribution in [2.45, 2.75) is 56.9 Å². The van der Waals surface area contributed by atoms with Crippen molar-refractivity contribution in [2.75, 3.05) is 9.80 Å². The molecule has 2 heterocycles. The van der Waals surface area contributed by atoms with Gasteiger partial charge in [0.1, 0.15) is 0 Å². The Kier molecular flexibility index (Phi) is 9.35. The Morgan fingerprint density at radius 2 is 1.29 bits per heavy atom. The molecule has 9 aromatic rings. The van der Waals surface area contributed by atoms with Crippen molar-refractivity contribution < 1.29 is 9.47 Å². The summed E-state index contributed by atoms with van der Waals surface area (Å²) < 4.78 is 14.6. The Bertz CT molecular complexity index is 3880. The highest BCUT2D eigenvalue weighted by atomic mass is 16.6. The minimum atomic E-state index is -0.459. The molecule has 0 N–H and O–H groups in total. The molecule has 0 bridgehead atoms. The van der Waals surface area contributed by atoms with Gasteiger partial charge in [-0.3, -0.25) is 0 Å². The Morgan fingerprint density at radius 1 is 0.575 bits per heavy atom. The fourth-order valence-corrected chi connectivity index (χ4v) is 13.7. The first-order valence-corrected chi connectivity index (χ1v) is 26.0. The van der Waals surface area contributed by atoms with Gasteiger partial charge < -0.3 is 19.3 Å². The average molecular weight is 941 g/mol. The van der Waals surface area contributed by atoms with Gasteiger partial charge in [-0.05, 0) is 178 Å². The number of anilines is 5. The van der Waals surface area contributed by atoms with Crippen LogP contribution in [0.5, 0.6) is 23.0 Å². The van der Waals surface area contributed by atoms with Crippen LogP contribution in [0.4, 0.5) is 28.4 Å². The maximum Gasteiger partial charge on any atom is 0.194 e. The number of hydrogen-bond donors (Lipinski definition) is 0. The molecular formula is C69H52N2O2. The van der Waals surface area contributed by atoms with Gasteiger partial charge in [0.05, 0.1) is 11.1 Å². The van der Waals surface area contributed by atoms with Crippen LogP contribution in [0.15, 0.2) is 224 Å². The van der Waals surface area contributed by atoms with Crippen LogP contribution in [0.3, 0.4) is 0 Å². The SMILES string of the molecule is C/C=C\C1=C(C)C2(c3ccccc31)c1ccccc1-c1c2ccc2c1Oc1cccc(N(c3ccc(-c4ccc5c(c4)-c4ccccc4CC5)cc3)c3cccc(N4c5ccccc5C5C=CCCC54)c3)c1O2. The first-order chi connectivity index (χ1) is 36.1. The monoisotopic (exact) mass is 940 g/mol. The molecule has 350 valence electrons. The zero-order valence-corrected chi connectivity index (χ0v) is 41.0. The molecule has 0 saturated heterocycles. The third kappa shape index (κ3) is 6.07. The molecule has 0 radical (unpaired) electrons. The van der Waals surface area contributed by atoms with Gasteiger partial charge in [0.15, 0.2) is 23.0 Å². The molecule has 0 amide bonds. The molecule has 3 unspecified atom stereocenters. The third-order valence-corrected chi connectivity index (χ3v) is 16.9. The van der Waals surface area contributed by atoms with Crippen molar-refractivity contribution in [3.8, 4) is 56.4 Å². The van der Waals surface area contributed by atoms with Crippen LogP contribution in [0.1, 0.15) is 71.6 Å². The van der Waals surface area contributed by atoms with Crippen LogP contribution in [0, 0.1) is 0 Å². The lowest BCUT2D eigenvalue weighted by atomic mass is 9.70. The van der Waals surface area contributed by atoms with Gasteiger partial charge in [-0.15, -0.1) is 0 Å². The van der Waals surface area contributed by atoms with Gasteiger partial charge in [0.2, 0.25) is 0 Å². The summed E-state index contributed by atoms with van der Waals surface area (Å²) in [6, 6.07) is 72.0. The number of allylic oxidation sites excluding steroid dienone is 5. The number of hydrogen-bond acceptors (Lipinski definition) is 4. The summed E-state index contributed by atoms with van der Waals surface area (Å²) in [6.45, 7) is 4.42. The smallest absolute Gasteiger partial charge is 0.194 e. The van der Waals surface area contributed by atoms with Crippen LogP contribution in [-0.4, -0.2) is 6.04 Å². The molecular weight excluding hydrogens is 889 g/mol. The van der Waals surface area contributed by atoms with Gasteiger partial charge in [0.25, 0.3) is 0 Å². The minimum absolute atomic E-state index is 0.351. The van der Waals surface area contributed by atoms with E-state index in [1.54, 1.807) is 0 Å². The van der Waals surface area contributed by atoms with Crippen LogP contribution in [-0.2, 0) is 18.3 Å². The van der Waals surface area contributed by atoms with Crippen molar-refractivity contribution in [1.29, 1.82) is 0 Å². The predicted molar refractivity (Wildman–Crippen MR) is 299 cm³/mol. The highest BCUT2D eigenvalue weighted by molar-refractivity contribution is 5.99. The number of rotatable bonds is 6. The van der Waals surface area contributed by atoms with Gasteiger partial charge >= 0.3 is 0 Å². The molecule has 2 aliphatic heterocycles. The largest absolute Gasteiger partial charge is 0.449 e. The third-order valence-electron chi connectivity index (χ3n) is 16.9. The second-order valence-corrected chi connectivity index (χ2v) is 20.5. The van der Waals surface area contributed by atoms with E-state index < -0.39 is 5.41 Å². The fraction of sp³-hybridized carbons (Fsp3) is 0.130. The minimum Gasteiger partial charge on any atom is -0.449 e. The molecule has 3 atom stereocenters. The lowest BCUT2D eigenvalue weighted by Gasteiger charge is -2.34. The van der Waals surface area contributed by atoms with Crippen molar-refractivity contribution in [1.82, 2.24) is 0 Å². The lowest BCUT2D eigenvalue weighted by molar-refractivity contribution is 0.361. The summed E-state index contributed by atoms with van der Waals surface area (Å²) in [4.78, 5) is 4.94. The summed E-state index contributed by atoms with van der Waals surface area (Å²) in [5, 5.41) is 0. The molecule has 1 spiro atoms. The van der Waals surface area contributed by atoms with E-state index in [0.717, 1.165) is 54.1 Å². The number of benzene rings is 9. The van der Waals surface area contributed by atoms with Gasteiger partial charge in [0, 0.05) is 40.3 Å². The van der Waals surface area contributed by atoms with Gasteiger partial charge in [-0.25, -0.2) is 0 Å². The second-order valence-electron chi connectivity index (χ2n) is 20.5. The van der Waals surface area contributed by atoms with E-state index in [-0.39, 0.29) is 0 Å². The predicted octanol–water partition coefficient (Wildman–Crippen LogP) is 18.1. The Morgan fingerprint density at radius 3 is 2.15 bits per heavy atom. The number of para-hydroxylation sites is 2. The highest BCUT2D eigenvalue weighted by Crippen LogP contribution is 2.66. The molecule has 0 saturated carbocycles. The standard InChI is InChI=1S/C69H52N2O2/c1-3-16-51-43(2)69(58-25-10-6-21-53(51)58)59-26-11-7-24-56(59)66-60(69)39-40-65-68(66)73-64-30-15-29-63(67(64)72-65)70(49-18-14-19-50(42-49)71-61-27-12-8-22-54(61)55-23-9-13-28-62(55)71)48-37-35-44(36-38-48)47-34-33-46-32-31-45-17-4-5-20-52(45)57(46)41-47/h3-12,14-27,29-30,33-42,55,62H,13,28,31-32H2,1-2H3/b16-3-. The average Bonchev–Trinajstić information content (AvgIpc) is 4.08. The van der Waals surface area contributed by atoms with Gasteiger partial charge in [-0.2, -0.15) is 0 Å². The van der Waals surface area contributed by atoms with E-state index in [1.807, 2.05) is 0 Å². The van der Waals surface area contributed by atoms with Crippen LogP contribution < -0.4 is 19.3 Å². The molecule has 0 aromatic heterocycles. The highest BCUT2D eigenvalue weighted by Gasteiger charge is 2.52. The number of ether oxygens (including phenoxy) is 2. The maximum absolute atomic E-state index is 7.29. The summed E-state index contributed by atoms with van der Waals surface area (Å²) in [7, 11) is 0. The number of aryl methyl sites for hydroxylation is 2. The first-order valence-electron chi connectivity index (χ1n) is 26.0. The summed E-state index contributed by atoms with van der Waals surface area (Å²) >= 11 is 0. The maximum atomic E-state index is 7.29. The normalized spacial score (nSPS) is 19.0. The van der Waals surface area contributed by atoms with E-state index in [2.05, 4.69) is 242 Å². The summed E-state index contributed by atoms with van der Waals surface area (Å²) in [5.74, 6) is 3.19. The first kappa shape index (κ1) is 42.1. The summed E-state index contributed by atoms with van der Waals surface area (Å²) in [6.07, 6.45) is 13.6. The fourth-order valence-electron chi connectivity index (χ4n) is 13.7. The molecule has 4 aliphatic carbocycles. The Hall–Kier alpha value is -8.60. The van der Waals surface area contributed by atoms with Crippen molar-refractivity contribution in [2.24, 2.45) is 0 Å². The number of nitrogens with zero attached hydrogens (tertiary/aromatic N) is 2. The molecule has 4 heteroatoms. The van der Waals surface area contributed by atoms with E-state index in [1.165, 1.54) is 89.3 Å². The van der Waals surface area contributed by atoms with Crippen molar-refractivity contribution in [3.63, 3.8) is 0 Å². The molecule has 15 rings (SSSR count). The molecule has 0 fully saturated rings. The van der Waals surface area contributed by atoms with Crippen LogP contribution in [0.2, 0.25) is 0 Å². The quantitative estimate of drug-likeness (QED) is 0.155. The van der Waals surface area contributed by atoms with E-state index in [9.17, 15) is 0 Å². The van der Waals surface area contributed by atoms with Crippen LogP contribution in [0.25, 0.3) is 39.0 Å². The zero-order chi connectivity index (χ0) is 48.4. The Balaban J connectivity index is 0.868. The zero-order valence-electron chi connectivity index (χ0n) is 41.0. The summed E-state index contributed by atoms with van der Waals surface area (Å²) in [5.41, 5.74) is 24.2. The van der Waals surface area contributed by atoms with E-state index in [0.29, 0.717) is 29.2 Å². The number of fused-ring (bicyclic) bond motifs is 16. The molecule has 4 nitrogen and oxygen atoms in total. The van der Waals surface area contributed by atoms with Crippen LogP contribution >= 0.6 is 0 Å². The van der Waals surface area contributed by atoms with E-state index >= 15 is 0 Å². The van der Waals surface area contributed by atoms with Crippen molar-refractivity contribution >= 4 is 34.0 Å². The molecule has 9 aromatic carbocycles. The Labute approximate surface area is 427 Å². The lowest BCUT2D eigenvalue weighted by Crippen LogP contribution is -2.30. The topological polar surface area (TPSA) is 24.9 Å². The molecule has 73 heavy (non-hydrogen) atoms. The molecule has 6 aliphatic rings. The van der Waals surface area contributed by atoms with E-state index in [4.69, 9.17) is 9.47 Å².